The Morgan fingerprint density at radius 3 is 2.70 bits per heavy atom. The molecule has 6 nitrogen and oxygen atoms in total. The molecule has 3 heterocycles. The third-order valence-electron chi connectivity index (χ3n) is 6.07. The van der Waals surface area contributed by atoms with Crippen molar-refractivity contribution in [1.29, 1.82) is 0 Å². The Labute approximate surface area is 163 Å². The Morgan fingerprint density at radius 1 is 1.33 bits per heavy atom. The minimum absolute atomic E-state index is 0.150. The van der Waals surface area contributed by atoms with Crippen molar-refractivity contribution >= 4 is 23.2 Å². The van der Waals surface area contributed by atoms with Crippen LogP contribution in [0.25, 0.3) is 0 Å². The van der Waals surface area contributed by atoms with Crippen molar-refractivity contribution in [1.82, 2.24) is 19.6 Å². The van der Waals surface area contributed by atoms with E-state index in [-0.39, 0.29) is 17.2 Å². The number of piperidine rings is 1. The summed E-state index contributed by atoms with van der Waals surface area (Å²) >= 11 is 1.67. The average Bonchev–Trinajstić information content (AvgIpc) is 3.00. The number of carbonyl (C=O) groups excluding carboxylic acids is 2. The van der Waals surface area contributed by atoms with Crippen molar-refractivity contribution in [2.45, 2.75) is 45.2 Å². The molecular formula is C20H26N4O2S. The van der Waals surface area contributed by atoms with Gasteiger partial charge in [-0.25, -0.2) is 0 Å². The zero-order valence-electron chi connectivity index (χ0n) is 15.9. The van der Waals surface area contributed by atoms with E-state index in [9.17, 15) is 9.59 Å². The van der Waals surface area contributed by atoms with Crippen molar-refractivity contribution in [3.8, 4) is 0 Å². The molecule has 2 aliphatic rings. The number of rotatable bonds is 5. The van der Waals surface area contributed by atoms with Crippen molar-refractivity contribution in [2.75, 3.05) is 13.1 Å². The molecule has 1 saturated heterocycles. The van der Waals surface area contributed by atoms with Gasteiger partial charge in [0.2, 0.25) is 11.8 Å². The normalized spacial score (nSPS) is 20.7. The molecule has 2 fully saturated rings. The van der Waals surface area contributed by atoms with E-state index in [1.807, 2.05) is 29.1 Å². The van der Waals surface area contributed by atoms with E-state index < -0.39 is 0 Å². The largest absolute Gasteiger partial charge is 0.342 e. The third-order valence-corrected chi connectivity index (χ3v) is 6.81. The zero-order valence-corrected chi connectivity index (χ0v) is 16.7. The Balaban J connectivity index is 1.33. The maximum atomic E-state index is 12.6. The predicted octanol–water partition coefficient (Wildman–Crippen LogP) is 2.45. The summed E-state index contributed by atoms with van der Waals surface area (Å²) in [6.07, 6.45) is 5.28. The van der Waals surface area contributed by atoms with Gasteiger partial charge in [0.15, 0.2) is 0 Å². The summed E-state index contributed by atoms with van der Waals surface area (Å²) in [7, 11) is 1.86. The second-order valence-electron chi connectivity index (χ2n) is 7.90. The number of aryl methyl sites for hydroxylation is 1. The van der Waals surface area contributed by atoms with Crippen LogP contribution in [0.1, 0.15) is 37.4 Å². The maximum Gasteiger partial charge on any atom is 0.228 e. The Bertz CT molecular complexity index is 821. The van der Waals surface area contributed by atoms with E-state index in [4.69, 9.17) is 0 Å². The maximum absolute atomic E-state index is 12.6. The van der Waals surface area contributed by atoms with Crippen molar-refractivity contribution < 1.29 is 9.59 Å². The van der Waals surface area contributed by atoms with E-state index in [0.717, 1.165) is 38.0 Å². The summed E-state index contributed by atoms with van der Waals surface area (Å²) in [5.74, 6) is 0.305. The number of hydrogen-bond donors (Lipinski definition) is 0. The second kappa shape index (κ2) is 7.11. The van der Waals surface area contributed by atoms with Crippen LogP contribution >= 0.6 is 11.3 Å². The van der Waals surface area contributed by atoms with Gasteiger partial charge in [0.25, 0.3) is 0 Å². The fraction of sp³-hybridized carbons (Fsp3) is 0.550. The van der Waals surface area contributed by atoms with E-state index in [2.05, 4.69) is 21.9 Å². The smallest absolute Gasteiger partial charge is 0.228 e. The number of likely N-dealkylation sites (tertiary alicyclic amines) is 1. The van der Waals surface area contributed by atoms with Gasteiger partial charge in [-0.3, -0.25) is 14.3 Å². The van der Waals surface area contributed by atoms with E-state index in [1.54, 1.807) is 22.9 Å². The van der Waals surface area contributed by atoms with Gasteiger partial charge in [0.1, 0.15) is 0 Å². The molecule has 2 aromatic rings. The highest BCUT2D eigenvalue weighted by molar-refractivity contribution is 7.07. The highest BCUT2D eigenvalue weighted by Crippen LogP contribution is 2.57. The topological polar surface area (TPSA) is 58.4 Å². The predicted molar refractivity (Wildman–Crippen MR) is 104 cm³/mol. The van der Waals surface area contributed by atoms with Gasteiger partial charge in [-0.15, -0.1) is 0 Å². The number of amides is 2. The van der Waals surface area contributed by atoms with Gasteiger partial charge in [-0.1, -0.05) is 0 Å². The van der Waals surface area contributed by atoms with Crippen LogP contribution in [0.3, 0.4) is 0 Å². The summed E-state index contributed by atoms with van der Waals surface area (Å²) in [4.78, 5) is 28.8. The van der Waals surface area contributed by atoms with Gasteiger partial charge in [0.05, 0.1) is 12.1 Å². The van der Waals surface area contributed by atoms with E-state index in [0.29, 0.717) is 19.0 Å². The van der Waals surface area contributed by atoms with Crippen LogP contribution in [0.15, 0.2) is 29.1 Å². The number of nitrogens with zero attached hydrogens (tertiary/aromatic N) is 4. The first-order valence-electron chi connectivity index (χ1n) is 9.51. The first-order valence-corrected chi connectivity index (χ1v) is 10.5. The molecule has 27 heavy (non-hydrogen) atoms. The number of thiophene rings is 1. The lowest BCUT2D eigenvalue weighted by Crippen LogP contribution is -2.43. The van der Waals surface area contributed by atoms with Crippen molar-refractivity contribution in [2.24, 2.45) is 12.5 Å². The Kier molecular flexibility index (Phi) is 4.80. The molecule has 1 unspecified atom stereocenters. The lowest BCUT2D eigenvalue weighted by Gasteiger charge is -2.34. The van der Waals surface area contributed by atoms with Crippen LogP contribution in [-0.2, 0) is 29.6 Å². The Morgan fingerprint density at radius 2 is 2.11 bits per heavy atom. The minimum atomic E-state index is 0.150. The van der Waals surface area contributed by atoms with Gasteiger partial charge < -0.3 is 9.80 Å². The second-order valence-corrected chi connectivity index (χ2v) is 8.68. The molecular weight excluding hydrogens is 360 g/mol. The molecule has 144 valence electrons. The molecule has 1 aliphatic carbocycles. The number of carbonyl (C=O) groups is 2. The molecule has 1 atom stereocenters. The number of aromatic nitrogens is 2. The SMILES string of the molecule is CC(=O)N(Cc1ccsc1)C1CC12CCN(C(=O)Cc1ccn(C)n1)CC2. The highest BCUT2D eigenvalue weighted by Gasteiger charge is 2.58. The lowest BCUT2D eigenvalue weighted by molar-refractivity contribution is -0.134. The molecule has 7 heteroatoms. The minimum Gasteiger partial charge on any atom is -0.342 e. The van der Waals surface area contributed by atoms with Crippen LogP contribution in [0.2, 0.25) is 0 Å². The van der Waals surface area contributed by atoms with Crippen LogP contribution in [0, 0.1) is 5.41 Å². The van der Waals surface area contributed by atoms with E-state index in [1.165, 1.54) is 5.56 Å². The van der Waals surface area contributed by atoms with Crippen molar-refractivity contribution in [3.05, 3.63) is 40.3 Å². The zero-order chi connectivity index (χ0) is 19.0. The molecule has 2 amide bonds. The summed E-state index contributed by atoms with van der Waals surface area (Å²) < 4.78 is 1.73. The summed E-state index contributed by atoms with van der Waals surface area (Å²) in [5.41, 5.74) is 2.24. The molecule has 0 N–H and O–H groups in total. The first-order chi connectivity index (χ1) is 13.0. The molecule has 1 spiro atoms. The molecule has 1 saturated carbocycles. The summed E-state index contributed by atoms with van der Waals surface area (Å²) in [6, 6.07) is 4.31. The van der Waals surface area contributed by atoms with Crippen molar-refractivity contribution in [3.63, 3.8) is 0 Å². The Hall–Kier alpha value is -2.15. The quantitative estimate of drug-likeness (QED) is 0.793. The number of hydrogen-bond acceptors (Lipinski definition) is 4. The van der Waals surface area contributed by atoms with Crippen LogP contribution < -0.4 is 0 Å². The monoisotopic (exact) mass is 386 g/mol. The fourth-order valence-electron chi connectivity index (χ4n) is 4.35. The standard InChI is InChI=1S/C20H26N4O2S/c1-15(25)24(13-16-4-10-27-14-16)18-12-20(18)5-8-23(9-6-20)19(26)11-17-3-7-22(2)21-17/h3-4,7,10,14,18H,5-6,8-9,11-13H2,1-2H3. The average molecular weight is 387 g/mol. The van der Waals surface area contributed by atoms with Crippen LogP contribution in [-0.4, -0.2) is 50.5 Å². The van der Waals surface area contributed by atoms with Crippen LogP contribution in [0.5, 0.6) is 0 Å². The fourth-order valence-corrected chi connectivity index (χ4v) is 5.01. The first kappa shape index (κ1) is 18.2. The molecule has 1 aliphatic heterocycles. The third kappa shape index (κ3) is 3.78. The summed E-state index contributed by atoms with van der Waals surface area (Å²) in [5, 5.41) is 8.47. The lowest BCUT2D eigenvalue weighted by atomic mass is 9.92. The van der Waals surface area contributed by atoms with E-state index >= 15 is 0 Å². The molecule has 2 aromatic heterocycles. The van der Waals surface area contributed by atoms with Gasteiger partial charge in [-0.05, 0) is 53.1 Å². The molecule has 0 bridgehead atoms. The van der Waals surface area contributed by atoms with Crippen LogP contribution in [0.4, 0.5) is 0 Å². The molecule has 0 aromatic carbocycles. The van der Waals surface area contributed by atoms with Gasteiger partial charge >= 0.3 is 0 Å². The molecule has 4 rings (SSSR count). The summed E-state index contributed by atoms with van der Waals surface area (Å²) in [6.45, 7) is 3.94. The van der Waals surface area contributed by atoms with Gasteiger partial charge in [0, 0.05) is 45.8 Å². The highest BCUT2D eigenvalue weighted by atomic mass is 32.1. The van der Waals surface area contributed by atoms with Gasteiger partial charge in [-0.2, -0.15) is 16.4 Å². The molecule has 0 radical (unpaired) electrons.